The van der Waals surface area contributed by atoms with Gasteiger partial charge in [-0.25, -0.2) is 22.6 Å². The van der Waals surface area contributed by atoms with E-state index in [1.54, 1.807) is 36.1 Å². The van der Waals surface area contributed by atoms with E-state index in [1.165, 1.54) is 17.0 Å². The molecule has 2 heterocycles. The Balaban J connectivity index is 1.61. The van der Waals surface area contributed by atoms with E-state index in [9.17, 15) is 18.0 Å². The van der Waals surface area contributed by atoms with Gasteiger partial charge >= 0.3 is 6.03 Å². The van der Waals surface area contributed by atoms with Crippen LogP contribution in [0.4, 0.5) is 18.0 Å². The normalized spacial score (nSPS) is 18.0. The summed E-state index contributed by atoms with van der Waals surface area (Å²) < 4.78 is 40.9. The number of carbonyl (C=O) groups is 1. The van der Waals surface area contributed by atoms with Crippen molar-refractivity contribution >= 4 is 6.03 Å². The second-order valence-electron chi connectivity index (χ2n) is 6.21. The van der Waals surface area contributed by atoms with Gasteiger partial charge in [-0.3, -0.25) is 0 Å². The Morgan fingerprint density at radius 1 is 1.24 bits per heavy atom. The summed E-state index contributed by atoms with van der Waals surface area (Å²) in [4.78, 5) is 13.6. The highest BCUT2D eigenvalue weighted by Gasteiger charge is 2.35. The second-order valence-corrected chi connectivity index (χ2v) is 6.21. The average molecular weight is 352 g/mol. The molecule has 2 aromatic rings. The van der Waals surface area contributed by atoms with Gasteiger partial charge < -0.3 is 10.2 Å². The number of nitrogens with zero attached hydrogens (tertiary/aromatic N) is 3. The number of amides is 2. The van der Waals surface area contributed by atoms with E-state index in [2.05, 4.69) is 10.4 Å². The summed E-state index contributed by atoms with van der Waals surface area (Å²) in [6.07, 6.45) is 2.73. The Labute approximate surface area is 143 Å². The maximum absolute atomic E-state index is 13.2. The smallest absolute Gasteiger partial charge is 0.317 e. The molecule has 0 bridgehead atoms. The summed E-state index contributed by atoms with van der Waals surface area (Å²) in [5, 5.41) is 7.00. The molecule has 8 heteroatoms. The Morgan fingerprint density at radius 3 is 2.52 bits per heavy atom. The lowest BCUT2D eigenvalue weighted by molar-refractivity contribution is -0.0470. The zero-order valence-electron chi connectivity index (χ0n) is 13.8. The zero-order chi connectivity index (χ0) is 18.0. The minimum Gasteiger partial charge on any atom is -0.331 e. The monoisotopic (exact) mass is 352 g/mol. The van der Waals surface area contributed by atoms with Gasteiger partial charge in [0, 0.05) is 37.7 Å². The van der Waals surface area contributed by atoms with Gasteiger partial charge in [0.2, 0.25) is 0 Å². The standard InChI is InChI=1S/C17H19F3N4O/c1-12(22-16(25)23-8-6-17(19,20)7-9-23)13-10-21-24(11-13)15-4-2-14(18)3-5-15/h2-5,10-12H,6-9H2,1H3,(H,22,25)/t12-/m0/s1. The first-order valence-corrected chi connectivity index (χ1v) is 8.08. The quantitative estimate of drug-likeness (QED) is 0.919. The molecule has 0 saturated carbocycles. The van der Waals surface area contributed by atoms with Crippen LogP contribution in [0.3, 0.4) is 0 Å². The number of nitrogens with one attached hydrogen (secondary N) is 1. The number of aromatic nitrogens is 2. The summed E-state index contributed by atoms with van der Waals surface area (Å²) in [5.74, 6) is -3.01. The van der Waals surface area contributed by atoms with Crippen LogP contribution in [0.5, 0.6) is 0 Å². The van der Waals surface area contributed by atoms with Crippen LogP contribution in [-0.2, 0) is 0 Å². The van der Waals surface area contributed by atoms with Crippen LogP contribution in [0.25, 0.3) is 5.69 Å². The maximum Gasteiger partial charge on any atom is 0.317 e. The van der Waals surface area contributed by atoms with Crippen LogP contribution in [0, 0.1) is 5.82 Å². The van der Waals surface area contributed by atoms with Crippen molar-refractivity contribution in [2.75, 3.05) is 13.1 Å². The molecule has 1 aromatic heterocycles. The number of hydrogen-bond donors (Lipinski definition) is 1. The minimum atomic E-state index is -2.68. The summed E-state index contributed by atoms with van der Waals surface area (Å²) >= 11 is 0. The molecular weight excluding hydrogens is 333 g/mol. The van der Waals surface area contributed by atoms with E-state index in [-0.39, 0.29) is 43.8 Å². The summed E-state index contributed by atoms with van der Waals surface area (Å²) in [6, 6.07) is 5.19. The Morgan fingerprint density at radius 2 is 1.88 bits per heavy atom. The van der Waals surface area contributed by atoms with Crippen molar-refractivity contribution in [2.24, 2.45) is 0 Å². The lowest BCUT2D eigenvalue weighted by atomic mass is 10.1. The molecule has 1 aliphatic rings. The first-order valence-electron chi connectivity index (χ1n) is 8.08. The van der Waals surface area contributed by atoms with Crippen molar-refractivity contribution in [1.29, 1.82) is 0 Å². The largest absolute Gasteiger partial charge is 0.331 e. The first kappa shape index (κ1) is 17.3. The van der Waals surface area contributed by atoms with Crippen LogP contribution in [0.15, 0.2) is 36.7 Å². The first-order chi connectivity index (χ1) is 11.8. The van der Waals surface area contributed by atoms with Crippen molar-refractivity contribution in [3.63, 3.8) is 0 Å². The maximum atomic E-state index is 13.2. The fourth-order valence-corrected chi connectivity index (χ4v) is 2.69. The van der Waals surface area contributed by atoms with Crippen molar-refractivity contribution in [2.45, 2.75) is 31.7 Å². The molecule has 0 radical (unpaired) electrons. The Kier molecular flexibility index (Phi) is 4.69. The third-order valence-electron chi connectivity index (χ3n) is 4.32. The number of hydrogen-bond acceptors (Lipinski definition) is 2. The van der Waals surface area contributed by atoms with Crippen molar-refractivity contribution < 1.29 is 18.0 Å². The molecule has 0 unspecified atom stereocenters. The van der Waals surface area contributed by atoms with E-state index in [0.717, 1.165) is 5.56 Å². The summed E-state index contributed by atoms with van der Waals surface area (Å²) in [6.45, 7) is 1.88. The highest BCUT2D eigenvalue weighted by molar-refractivity contribution is 5.74. The molecule has 0 aliphatic carbocycles. The number of benzene rings is 1. The lowest BCUT2D eigenvalue weighted by Gasteiger charge is -2.32. The molecule has 0 spiro atoms. The predicted molar refractivity (Wildman–Crippen MR) is 86.2 cm³/mol. The van der Waals surface area contributed by atoms with Crippen molar-refractivity contribution in [3.05, 3.63) is 48.0 Å². The van der Waals surface area contributed by atoms with E-state index in [0.29, 0.717) is 5.69 Å². The predicted octanol–water partition coefficient (Wildman–Crippen LogP) is 3.51. The van der Waals surface area contributed by atoms with Crippen molar-refractivity contribution in [3.8, 4) is 5.69 Å². The fourth-order valence-electron chi connectivity index (χ4n) is 2.69. The third kappa shape index (κ3) is 4.12. The molecule has 1 N–H and O–H groups in total. The molecule has 3 rings (SSSR count). The highest BCUT2D eigenvalue weighted by Crippen LogP contribution is 2.27. The van der Waals surface area contributed by atoms with Crippen LogP contribution in [0.1, 0.15) is 31.4 Å². The fraction of sp³-hybridized carbons (Fsp3) is 0.412. The molecule has 1 aromatic carbocycles. The van der Waals surface area contributed by atoms with Gasteiger partial charge in [0.1, 0.15) is 5.82 Å². The van der Waals surface area contributed by atoms with Crippen LogP contribution < -0.4 is 5.32 Å². The Bertz CT molecular complexity index is 735. The average Bonchev–Trinajstić information content (AvgIpc) is 3.05. The SMILES string of the molecule is C[C@H](NC(=O)N1CCC(F)(F)CC1)c1cnn(-c2ccc(F)cc2)c1. The van der Waals surface area contributed by atoms with Crippen LogP contribution in [0.2, 0.25) is 0 Å². The number of urea groups is 1. The molecule has 2 amide bonds. The number of piperidine rings is 1. The van der Waals surface area contributed by atoms with Gasteiger partial charge in [0.25, 0.3) is 5.92 Å². The van der Waals surface area contributed by atoms with Gasteiger partial charge in [-0.2, -0.15) is 5.10 Å². The second kappa shape index (κ2) is 6.78. The number of alkyl halides is 2. The summed E-state index contributed by atoms with van der Waals surface area (Å²) in [7, 11) is 0. The number of likely N-dealkylation sites (tertiary alicyclic amines) is 1. The van der Waals surface area contributed by atoms with E-state index in [4.69, 9.17) is 0 Å². The Hall–Kier alpha value is -2.51. The molecule has 25 heavy (non-hydrogen) atoms. The van der Waals surface area contributed by atoms with Gasteiger partial charge in [0.05, 0.1) is 17.9 Å². The third-order valence-corrected chi connectivity index (χ3v) is 4.32. The topological polar surface area (TPSA) is 50.2 Å². The zero-order valence-corrected chi connectivity index (χ0v) is 13.8. The molecular formula is C17H19F3N4O. The van der Waals surface area contributed by atoms with Crippen LogP contribution >= 0.6 is 0 Å². The van der Waals surface area contributed by atoms with E-state index < -0.39 is 5.92 Å². The van der Waals surface area contributed by atoms with Gasteiger partial charge in [0.15, 0.2) is 0 Å². The molecule has 5 nitrogen and oxygen atoms in total. The molecule has 1 fully saturated rings. The molecule has 1 aliphatic heterocycles. The lowest BCUT2D eigenvalue weighted by Crippen LogP contribution is -2.47. The van der Waals surface area contributed by atoms with Crippen molar-refractivity contribution in [1.82, 2.24) is 20.0 Å². The van der Waals surface area contributed by atoms with Gasteiger partial charge in [-0.05, 0) is 31.2 Å². The minimum absolute atomic E-state index is 0.0421. The van der Waals surface area contributed by atoms with E-state index in [1.807, 2.05) is 0 Å². The number of carbonyl (C=O) groups excluding carboxylic acids is 1. The number of rotatable bonds is 3. The number of halogens is 3. The molecule has 1 atom stereocenters. The van der Waals surface area contributed by atoms with Gasteiger partial charge in [-0.15, -0.1) is 0 Å². The van der Waals surface area contributed by atoms with Gasteiger partial charge in [-0.1, -0.05) is 0 Å². The molecule has 134 valence electrons. The highest BCUT2D eigenvalue weighted by atomic mass is 19.3. The molecule has 1 saturated heterocycles. The van der Waals surface area contributed by atoms with Crippen LogP contribution in [-0.4, -0.2) is 39.7 Å². The van der Waals surface area contributed by atoms with E-state index >= 15 is 0 Å². The summed E-state index contributed by atoms with van der Waals surface area (Å²) in [5.41, 5.74) is 1.46.